The first-order valence-corrected chi connectivity index (χ1v) is 9.54. The summed E-state index contributed by atoms with van der Waals surface area (Å²) in [6, 6.07) is 13.5. The second-order valence-corrected chi connectivity index (χ2v) is 6.92. The molecule has 1 aliphatic rings. The molecule has 4 rings (SSSR count). The van der Waals surface area contributed by atoms with E-state index in [4.69, 9.17) is 9.94 Å². The van der Waals surface area contributed by atoms with Crippen LogP contribution in [-0.4, -0.2) is 59.3 Å². The van der Waals surface area contributed by atoms with Crippen LogP contribution in [0.3, 0.4) is 0 Å². The molecule has 1 fully saturated rings. The first kappa shape index (κ1) is 19.7. The van der Waals surface area contributed by atoms with Gasteiger partial charge in [0.1, 0.15) is 0 Å². The summed E-state index contributed by atoms with van der Waals surface area (Å²) in [5.41, 5.74) is 2.31. The molecule has 0 bridgehead atoms. The zero-order valence-electron chi connectivity index (χ0n) is 16.1. The zero-order chi connectivity index (χ0) is 20.9. The average Bonchev–Trinajstić information content (AvgIpc) is 2.82. The van der Waals surface area contributed by atoms with Crippen molar-refractivity contribution in [2.24, 2.45) is 0 Å². The van der Waals surface area contributed by atoms with Crippen molar-refractivity contribution in [1.29, 1.82) is 0 Å². The molecule has 0 saturated carbocycles. The molecule has 3 N–H and O–H groups in total. The minimum absolute atomic E-state index is 0.155. The van der Waals surface area contributed by atoms with Gasteiger partial charge in [0, 0.05) is 37.6 Å². The molecule has 0 aliphatic carbocycles. The van der Waals surface area contributed by atoms with Gasteiger partial charge in [0.25, 0.3) is 11.8 Å². The van der Waals surface area contributed by atoms with Gasteiger partial charge in [0.15, 0.2) is 0 Å². The van der Waals surface area contributed by atoms with E-state index in [2.05, 4.69) is 15.3 Å². The van der Waals surface area contributed by atoms with Crippen LogP contribution < -0.4 is 15.7 Å². The van der Waals surface area contributed by atoms with E-state index < -0.39 is 5.91 Å². The number of carbonyl (C=O) groups excluding carboxylic acids is 2. The lowest BCUT2D eigenvalue weighted by Gasteiger charge is -2.33. The van der Waals surface area contributed by atoms with Crippen molar-refractivity contribution in [2.45, 2.75) is 6.10 Å². The number of nitrogens with one attached hydrogen (secondary N) is 2. The van der Waals surface area contributed by atoms with Crippen molar-refractivity contribution in [3.63, 3.8) is 0 Å². The fourth-order valence-electron chi connectivity index (χ4n) is 3.33. The number of amides is 2. The molecule has 1 aliphatic heterocycles. The molecule has 0 radical (unpaired) electrons. The molecule has 154 valence electrons. The lowest BCUT2D eigenvalue weighted by molar-refractivity contribution is 0.0392. The van der Waals surface area contributed by atoms with E-state index in [1.807, 2.05) is 47.4 Å². The third-order valence-corrected chi connectivity index (χ3v) is 4.93. The van der Waals surface area contributed by atoms with Gasteiger partial charge in [-0.1, -0.05) is 30.3 Å². The second kappa shape index (κ2) is 8.85. The van der Waals surface area contributed by atoms with Gasteiger partial charge < -0.3 is 15.0 Å². The lowest BCUT2D eigenvalue weighted by Crippen LogP contribution is -2.48. The summed E-state index contributed by atoms with van der Waals surface area (Å²) in [4.78, 5) is 34.2. The molecule has 1 aromatic heterocycles. The van der Waals surface area contributed by atoms with Crippen LogP contribution in [0, 0.1) is 0 Å². The highest BCUT2D eigenvalue weighted by molar-refractivity contribution is 5.98. The largest absolute Gasteiger partial charge is 0.373 e. The first-order valence-electron chi connectivity index (χ1n) is 9.54. The Morgan fingerprint density at radius 1 is 1.07 bits per heavy atom. The van der Waals surface area contributed by atoms with Crippen LogP contribution in [0.5, 0.6) is 0 Å². The maximum absolute atomic E-state index is 12.5. The highest BCUT2D eigenvalue weighted by atomic mass is 16.5. The van der Waals surface area contributed by atoms with Gasteiger partial charge in [-0.05, 0) is 22.9 Å². The summed E-state index contributed by atoms with van der Waals surface area (Å²) in [5.74, 6) is -0.367. The molecule has 1 atom stereocenters. The first-order chi connectivity index (χ1) is 14.6. The van der Waals surface area contributed by atoms with E-state index in [0.29, 0.717) is 37.8 Å². The molecule has 1 saturated heterocycles. The van der Waals surface area contributed by atoms with Crippen LogP contribution in [0.25, 0.3) is 10.8 Å². The van der Waals surface area contributed by atoms with Crippen molar-refractivity contribution in [3.8, 4) is 0 Å². The summed E-state index contributed by atoms with van der Waals surface area (Å²) in [6.45, 7) is 1.93. The molecule has 0 spiro atoms. The maximum Gasteiger partial charge on any atom is 0.277 e. The molecule has 2 aromatic carbocycles. The van der Waals surface area contributed by atoms with Crippen LogP contribution in [0.4, 0.5) is 5.95 Å². The molecule has 9 nitrogen and oxygen atoms in total. The van der Waals surface area contributed by atoms with Gasteiger partial charge in [-0.15, -0.1) is 0 Å². The predicted octanol–water partition coefficient (Wildman–Crippen LogP) is 1.38. The highest BCUT2D eigenvalue weighted by Crippen LogP contribution is 2.16. The third kappa shape index (κ3) is 4.37. The summed E-state index contributed by atoms with van der Waals surface area (Å²) in [5, 5.41) is 13.7. The fraction of sp³-hybridized carbons (Fsp3) is 0.238. The number of aromatic nitrogens is 2. The number of hydrogen-bond donors (Lipinski definition) is 3. The van der Waals surface area contributed by atoms with Crippen molar-refractivity contribution >= 4 is 28.5 Å². The number of ether oxygens (including phenoxy) is 1. The standard InChI is InChI=1S/C21H21N5O4/c27-19(16-6-5-14-3-1-2-4-15(14)9-16)22-12-18-13-26(7-8-30-18)21-23-10-17(11-24-21)20(28)25-29/h1-6,9-11,18,29H,7-8,12-13H2,(H,22,27)(H,25,28). The highest BCUT2D eigenvalue weighted by Gasteiger charge is 2.23. The number of benzene rings is 2. The van der Waals surface area contributed by atoms with E-state index in [-0.39, 0.29) is 17.6 Å². The summed E-state index contributed by atoms with van der Waals surface area (Å²) < 4.78 is 5.76. The number of anilines is 1. The number of nitrogens with zero attached hydrogens (tertiary/aromatic N) is 3. The molecule has 9 heteroatoms. The van der Waals surface area contributed by atoms with E-state index in [0.717, 1.165) is 10.8 Å². The summed E-state index contributed by atoms with van der Waals surface area (Å²) in [6.07, 6.45) is 2.48. The number of morpholine rings is 1. The van der Waals surface area contributed by atoms with Crippen LogP contribution in [-0.2, 0) is 4.74 Å². The minimum atomic E-state index is -0.669. The fourth-order valence-corrected chi connectivity index (χ4v) is 3.33. The van der Waals surface area contributed by atoms with Gasteiger partial charge in [-0.25, -0.2) is 15.4 Å². The number of carbonyl (C=O) groups is 2. The van der Waals surface area contributed by atoms with E-state index >= 15 is 0 Å². The molecular formula is C21H21N5O4. The lowest BCUT2D eigenvalue weighted by atomic mass is 10.1. The Morgan fingerprint density at radius 2 is 1.83 bits per heavy atom. The Balaban J connectivity index is 1.35. The molecule has 2 heterocycles. The monoisotopic (exact) mass is 407 g/mol. The maximum atomic E-state index is 12.5. The topological polar surface area (TPSA) is 117 Å². The third-order valence-electron chi connectivity index (χ3n) is 4.93. The normalized spacial score (nSPS) is 16.3. The Morgan fingerprint density at radius 3 is 2.60 bits per heavy atom. The molecule has 30 heavy (non-hydrogen) atoms. The zero-order valence-corrected chi connectivity index (χ0v) is 16.1. The van der Waals surface area contributed by atoms with Gasteiger partial charge in [0.05, 0.1) is 18.3 Å². The van der Waals surface area contributed by atoms with Crippen molar-refractivity contribution in [3.05, 3.63) is 66.0 Å². The Labute approximate surface area is 172 Å². The molecule has 2 amide bonds. The van der Waals surface area contributed by atoms with E-state index in [9.17, 15) is 9.59 Å². The average molecular weight is 407 g/mol. The van der Waals surface area contributed by atoms with Crippen molar-refractivity contribution < 1.29 is 19.5 Å². The van der Waals surface area contributed by atoms with Crippen molar-refractivity contribution in [1.82, 2.24) is 20.8 Å². The Bertz CT molecular complexity index is 1060. The quantitative estimate of drug-likeness (QED) is 0.432. The predicted molar refractivity (Wildman–Crippen MR) is 110 cm³/mol. The number of fused-ring (bicyclic) bond motifs is 1. The summed E-state index contributed by atoms with van der Waals surface area (Å²) in [7, 11) is 0. The summed E-state index contributed by atoms with van der Waals surface area (Å²) >= 11 is 0. The van der Waals surface area contributed by atoms with Gasteiger partial charge in [-0.2, -0.15) is 0 Å². The minimum Gasteiger partial charge on any atom is -0.373 e. The molecular weight excluding hydrogens is 386 g/mol. The van der Waals surface area contributed by atoms with Crippen LogP contribution in [0.2, 0.25) is 0 Å². The number of rotatable bonds is 5. The van der Waals surface area contributed by atoms with Gasteiger partial charge in [-0.3, -0.25) is 14.8 Å². The van der Waals surface area contributed by atoms with Gasteiger partial charge in [0.2, 0.25) is 5.95 Å². The molecule has 1 unspecified atom stereocenters. The van der Waals surface area contributed by atoms with E-state index in [1.165, 1.54) is 12.4 Å². The van der Waals surface area contributed by atoms with Crippen molar-refractivity contribution in [2.75, 3.05) is 31.1 Å². The number of hydrogen-bond acceptors (Lipinski definition) is 7. The SMILES string of the molecule is O=C(NO)c1cnc(N2CCOC(CNC(=O)c3ccc4ccccc4c3)C2)nc1. The smallest absolute Gasteiger partial charge is 0.277 e. The Hall–Kier alpha value is -3.56. The number of hydroxylamine groups is 1. The van der Waals surface area contributed by atoms with E-state index in [1.54, 1.807) is 5.48 Å². The second-order valence-electron chi connectivity index (χ2n) is 6.92. The van der Waals surface area contributed by atoms with Crippen LogP contribution in [0.1, 0.15) is 20.7 Å². The Kier molecular flexibility index (Phi) is 5.82. The molecule has 3 aromatic rings. The van der Waals surface area contributed by atoms with Gasteiger partial charge >= 0.3 is 0 Å². The van der Waals surface area contributed by atoms with Crippen LogP contribution in [0.15, 0.2) is 54.9 Å². The van der Waals surface area contributed by atoms with Crippen LogP contribution >= 0.6 is 0 Å².